The molecule has 0 aliphatic carbocycles. The highest BCUT2D eigenvalue weighted by Gasteiger charge is 2.04. The van der Waals surface area contributed by atoms with Gasteiger partial charge in [0.1, 0.15) is 0 Å². The summed E-state index contributed by atoms with van der Waals surface area (Å²) in [6, 6.07) is 2.96. The smallest absolute Gasteiger partial charge is 0.164 e. The predicted octanol–water partition coefficient (Wildman–Crippen LogP) is 1.46. The van der Waals surface area contributed by atoms with E-state index in [1.165, 1.54) is 0 Å². The normalized spacial score (nSPS) is 14.3. The van der Waals surface area contributed by atoms with E-state index in [1.54, 1.807) is 0 Å². The van der Waals surface area contributed by atoms with Crippen molar-refractivity contribution in [2.45, 2.75) is 6.56 Å². The molecule has 0 saturated carbocycles. The fourth-order valence-electron chi connectivity index (χ4n) is 0.590. The third-order valence-corrected chi connectivity index (χ3v) is 1.07. The van der Waals surface area contributed by atoms with Crippen LogP contribution in [0.2, 0.25) is 0 Å². The monoisotopic (exact) mass is 146 g/mol. The van der Waals surface area contributed by atoms with Crippen molar-refractivity contribution in [1.82, 2.24) is 0 Å². The summed E-state index contributed by atoms with van der Waals surface area (Å²) in [6.07, 6.45) is 0. The summed E-state index contributed by atoms with van der Waals surface area (Å²) in [5.74, 6) is -2.53. The molecule has 1 nitrogen and oxygen atoms in total. The predicted molar refractivity (Wildman–Crippen MR) is 32.3 cm³/mol. The number of hydrogen-bond acceptors (Lipinski definition) is 1. The minimum absolute atomic E-state index is 0.692. The lowest BCUT2D eigenvalue weighted by Gasteiger charge is -1.97. The second-order valence-electron chi connectivity index (χ2n) is 1.71. The van der Waals surface area contributed by atoms with Crippen LogP contribution in [0.25, 0.3) is 0 Å². The Labute approximate surface area is 59.7 Å². The molecule has 0 spiro atoms. The van der Waals surface area contributed by atoms with Crippen LogP contribution < -0.4 is 0 Å². The molecule has 0 fully saturated rings. The lowest BCUT2D eigenvalue weighted by molar-refractivity contribution is 0.273. The molecule has 1 aromatic carbocycles. The maximum Gasteiger partial charge on any atom is 0.164 e. The van der Waals surface area contributed by atoms with Crippen LogP contribution in [0.15, 0.2) is 18.2 Å². The first-order chi connectivity index (χ1) is 5.43. The highest BCUT2D eigenvalue weighted by molar-refractivity contribution is 5.17. The third-order valence-electron chi connectivity index (χ3n) is 1.07. The van der Waals surface area contributed by atoms with Crippen LogP contribution in [0.5, 0.6) is 0 Å². The molecule has 10 heavy (non-hydrogen) atoms. The maximum atomic E-state index is 12.7. The first kappa shape index (κ1) is 4.79. The fraction of sp³-hybridized carbons (Fsp3) is 0.143. The molecule has 0 atom stereocenters. The molecule has 1 aromatic rings. The summed E-state index contributed by atoms with van der Waals surface area (Å²) < 4.78 is 38.6. The fourth-order valence-corrected chi connectivity index (χ4v) is 0.590. The molecule has 0 radical (unpaired) electrons. The van der Waals surface area contributed by atoms with E-state index in [9.17, 15) is 8.78 Å². The summed E-state index contributed by atoms with van der Waals surface area (Å²) in [5.41, 5.74) is -0.692. The minimum atomic E-state index is -2.84. The van der Waals surface area contributed by atoms with Crippen LogP contribution in [0, 0.1) is 11.6 Å². The Morgan fingerprint density at radius 2 is 2.20 bits per heavy atom. The number of rotatable bonds is 1. The number of aliphatic hydroxyl groups is 1. The van der Waals surface area contributed by atoms with Crippen LogP contribution in [0.3, 0.4) is 0 Å². The first-order valence-electron chi connectivity index (χ1n) is 3.60. The van der Waals surface area contributed by atoms with Crippen LogP contribution in [0.1, 0.15) is 8.30 Å². The zero-order valence-electron chi connectivity index (χ0n) is 6.94. The molecule has 1 N–H and O–H groups in total. The number of benzene rings is 1. The minimum Gasteiger partial charge on any atom is -0.392 e. The van der Waals surface area contributed by atoms with E-state index < -0.39 is 23.8 Å². The Balaban J connectivity index is 3.26. The SMILES string of the molecule is [2H]C([2H])(O)c1cccc(F)c1F. The molecular weight excluding hydrogens is 138 g/mol. The Hall–Kier alpha value is -0.960. The van der Waals surface area contributed by atoms with Crippen molar-refractivity contribution in [2.24, 2.45) is 0 Å². The van der Waals surface area contributed by atoms with Gasteiger partial charge < -0.3 is 5.11 Å². The largest absolute Gasteiger partial charge is 0.392 e. The number of hydrogen-bond donors (Lipinski definition) is 1. The highest BCUT2D eigenvalue weighted by atomic mass is 19.2. The van der Waals surface area contributed by atoms with Crippen LogP contribution >= 0.6 is 0 Å². The van der Waals surface area contributed by atoms with Gasteiger partial charge >= 0.3 is 0 Å². The van der Waals surface area contributed by atoms with Gasteiger partial charge in [-0.2, -0.15) is 0 Å². The molecule has 3 heteroatoms. The van der Waals surface area contributed by atoms with Crippen molar-refractivity contribution >= 4 is 0 Å². The molecule has 1 rings (SSSR count). The van der Waals surface area contributed by atoms with Crippen molar-refractivity contribution in [3.63, 3.8) is 0 Å². The first-order valence-corrected chi connectivity index (χ1v) is 2.60. The van der Waals surface area contributed by atoms with Crippen molar-refractivity contribution in [2.75, 3.05) is 0 Å². The average Bonchev–Trinajstić information content (AvgIpc) is 1.92. The number of halogens is 2. The highest BCUT2D eigenvalue weighted by Crippen LogP contribution is 2.10. The van der Waals surface area contributed by atoms with E-state index in [0.717, 1.165) is 18.2 Å². The van der Waals surface area contributed by atoms with E-state index in [2.05, 4.69) is 0 Å². The Kier molecular flexibility index (Phi) is 1.32. The zero-order valence-corrected chi connectivity index (χ0v) is 4.94. The summed E-state index contributed by atoms with van der Waals surface area (Å²) in [7, 11) is 0. The van der Waals surface area contributed by atoms with Gasteiger partial charge in [0.25, 0.3) is 0 Å². The van der Waals surface area contributed by atoms with Crippen molar-refractivity contribution in [3.8, 4) is 0 Å². The average molecular weight is 146 g/mol. The van der Waals surface area contributed by atoms with Crippen LogP contribution in [0.4, 0.5) is 8.78 Å². The van der Waals surface area contributed by atoms with Gasteiger partial charge in [0.15, 0.2) is 11.6 Å². The lowest BCUT2D eigenvalue weighted by Crippen LogP contribution is -1.92. The van der Waals surface area contributed by atoms with E-state index >= 15 is 0 Å². The topological polar surface area (TPSA) is 20.2 Å². The summed E-state index contributed by atoms with van der Waals surface area (Å²) >= 11 is 0. The Morgan fingerprint density at radius 3 is 2.70 bits per heavy atom. The molecule has 0 amide bonds. The zero-order chi connectivity index (χ0) is 9.35. The molecule has 0 aliphatic rings. The van der Waals surface area contributed by atoms with Gasteiger partial charge in [-0.05, 0) is 6.07 Å². The van der Waals surface area contributed by atoms with Gasteiger partial charge in [0.2, 0.25) is 0 Å². The van der Waals surface area contributed by atoms with Gasteiger partial charge in [-0.3, -0.25) is 0 Å². The summed E-state index contributed by atoms with van der Waals surface area (Å²) in [6.45, 7) is -2.84. The van der Waals surface area contributed by atoms with Crippen molar-refractivity contribution in [3.05, 3.63) is 35.4 Å². The summed E-state index contributed by atoms with van der Waals surface area (Å²) in [4.78, 5) is 0. The standard InChI is InChI=1S/C7H6F2O/c8-6-3-1-2-5(4-10)7(6)9/h1-3,10H,4H2/i4D2. The van der Waals surface area contributed by atoms with Gasteiger partial charge in [0, 0.05) is 5.56 Å². The molecular formula is C7H6F2O. The molecule has 0 aromatic heterocycles. The van der Waals surface area contributed by atoms with Crippen molar-refractivity contribution in [1.29, 1.82) is 0 Å². The van der Waals surface area contributed by atoms with Gasteiger partial charge in [-0.25, -0.2) is 8.78 Å². The second kappa shape index (κ2) is 2.75. The van der Waals surface area contributed by atoms with Crippen LogP contribution in [-0.4, -0.2) is 5.11 Å². The second-order valence-corrected chi connectivity index (χ2v) is 1.71. The van der Waals surface area contributed by atoms with Crippen LogP contribution in [-0.2, 0) is 6.56 Å². The molecule has 0 unspecified atom stereocenters. The van der Waals surface area contributed by atoms with Gasteiger partial charge in [0.05, 0.1) is 9.30 Å². The molecule has 0 heterocycles. The molecule has 0 bridgehead atoms. The molecule has 0 saturated heterocycles. The quantitative estimate of drug-likeness (QED) is 0.635. The Bertz CT molecular complexity index is 296. The van der Waals surface area contributed by atoms with Crippen molar-refractivity contribution < 1.29 is 16.6 Å². The lowest BCUT2D eigenvalue weighted by atomic mass is 10.2. The maximum absolute atomic E-state index is 12.7. The third kappa shape index (κ3) is 1.14. The van der Waals surface area contributed by atoms with E-state index in [0.29, 0.717) is 0 Å². The Morgan fingerprint density at radius 1 is 1.50 bits per heavy atom. The van der Waals surface area contributed by atoms with Gasteiger partial charge in [-0.15, -0.1) is 0 Å². The molecule has 54 valence electrons. The van der Waals surface area contributed by atoms with E-state index in [4.69, 9.17) is 7.85 Å². The summed E-state index contributed by atoms with van der Waals surface area (Å²) in [5, 5.41) is 8.72. The van der Waals surface area contributed by atoms with Gasteiger partial charge in [-0.1, -0.05) is 12.1 Å². The van der Waals surface area contributed by atoms with E-state index in [-0.39, 0.29) is 0 Å². The molecule has 0 aliphatic heterocycles. The van der Waals surface area contributed by atoms with E-state index in [1.807, 2.05) is 0 Å².